The SMILES string of the molecule is CCc1ccc(C(=O)c2c(N)c(C(=O)Nc3ccccc3)c3ccccn23)cc1. The highest BCUT2D eigenvalue weighted by molar-refractivity contribution is 6.20. The van der Waals surface area contributed by atoms with Crippen molar-refractivity contribution >= 4 is 28.6 Å². The molecule has 0 aliphatic heterocycles. The molecule has 4 aromatic rings. The van der Waals surface area contributed by atoms with Crippen LogP contribution in [-0.2, 0) is 6.42 Å². The third-order valence-corrected chi connectivity index (χ3v) is 4.98. The highest BCUT2D eigenvalue weighted by Gasteiger charge is 2.26. The zero-order valence-electron chi connectivity index (χ0n) is 16.1. The molecule has 0 bridgehead atoms. The fourth-order valence-corrected chi connectivity index (χ4v) is 3.44. The number of fused-ring (bicyclic) bond motifs is 1. The van der Waals surface area contributed by atoms with Gasteiger partial charge in [0, 0.05) is 17.4 Å². The van der Waals surface area contributed by atoms with Gasteiger partial charge in [0.1, 0.15) is 5.69 Å². The summed E-state index contributed by atoms with van der Waals surface area (Å²) >= 11 is 0. The molecule has 0 radical (unpaired) electrons. The second-order valence-electron chi connectivity index (χ2n) is 6.79. The van der Waals surface area contributed by atoms with Crippen molar-refractivity contribution in [3.63, 3.8) is 0 Å². The molecular formula is C24H21N3O2. The predicted octanol–water partition coefficient (Wildman–Crippen LogP) is 4.57. The number of benzene rings is 2. The van der Waals surface area contributed by atoms with Gasteiger partial charge in [0.15, 0.2) is 0 Å². The standard InChI is InChI=1S/C24H21N3O2/c1-2-16-11-13-17(14-12-16)23(28)22-21(25)20(19-10-6-7-15-27(19)22)24(29)26-18-8-4-3-5-9-18/h3-15H,2,25H2,1H3,(H,26,29). The molecule has 0 fully saturated rings. The lowest BCUT2D eigenvalue weighted by Crippen LogP contribution is -2.14. The number of amides is 1. The van der Waals surface area contributed by atoms with E-state index in [1.165, 1.54) is 0 Å². The lowest BCUT2D eigenvalue weighted by atomic mass is 10.0. The van der Waals surface area contributed by atoms with E-state index in [0.29, 0.717) is 28.0 Å². The molecule has 144 valence electrons. The van der Waals surface area contributed by atoms with Crippen molar-refractivity contribution in [2.75, 3.05) is 11.1 Å². The maximum atomic E-state index is 13.2. The molecule has 4 rings (SSSR count). The highest BCUT2D eigenvalue weighted by Crippen LogP contribution is 2.29. The smallest absolute Gasteiger partial charge is 0.259 e. The number of carbonyl (C=O) groups is 2. The van der Waals surface area contributed by atoms with Gasteiger partial charge in [-0.2, -0.15) is 0 Å². The Labute approximate surface area is 168 Å². The van der Waals surface area contributed by atoms with Gasteiger partial charge in [-0.15, -0.1) is 0 Å². The number of ketones is 1. The summed E-state index contributed by atoms with van der Waals surface area (Å²) in [5.74, 6) is -0.567. The van der Waals surface area contributed by atoms with Crippen molar-refractivity contribution in [2.45, 2.75) is 13.3 Å². The van der Waals surface area contributed by atoms with Crippen LogP contribution in [0.25, 0.3) is 5.52 Å². The minimum Gasteiger partial charge on any atom is -0.396 e. The van der Waals surface area contributed by atoms with E-state index in [4.69, 9.17) is 5.73 Å². The zero-order valence-corrected chi connectivity index (χ0v) is 16.1. The van der Waals surface area contributed by atoms with Crippen LogP contribution >= 0.6 is 0 Å². The first-order chi connectivity index (χ1) is 14.1. The summed E-state index contributed by atoms with van der Waals surface area (Å²) in [5, 5.41) is 2.85. The number of nitrogens with two attached hydrogens (primary N) is 1. The molecule has 0 saturated carbocycles. The van der Waals surface area contributed by atoms with E-state index in [-0.39, 0.29) is 17.4 Å². The molecule has 0 atom stereocenters. The summed E-state index contributed by atoms with van der Waals surface area (Å²) in [4.78, 5) is 26.2. The van der Waals surface area contributed by atoms with E-state index < -0.39 is 0 Å². The van der Waals surface area contributed by atoms with Crippen LogP contribution < -0.4 is 11.1 Å². The average Bonchev–Trinajstić information content (AvgIpc) is 3.05. The van der Waals surface area contributed by atoms with Crippen molar-refractivity contribution in [3.8, 4) is 0 Å². The van der Waals surface area contributed by atoms with E-state index in [1.54, 1.807) is 40.9 Å². The average molecular weight is 383 g/mol. The summed E-state index contributed by atoms with van der Waals surface area (Å²) in [6.07, 6.45) is 2.65. The Bertz CT molecular complexity index is 1190. The first-order valence-corrected chi connectivity index (χ1v) is 9.48. The van der Waals surface area contributed by atoms with Gasteiger partial charge >= 0.3 is 0 Å². The Balaban J connectivity index is 1.80. The monoisotopic (exact) mass is 383 g/mol. The van der Waals surface area contributed by atoms with E-state index in [1.807, 2.05) is 42.5 Å². The molecule has 0 aliphatic carbocycles. The Morgan fingerprint density at radius 2 is 1.62 bits per heavy atom. The van der Waals surface area contributed by atoms with Crippen LogP contribution in [0.4, 0.5) is 11.4 Å². The normalized spacial score (nSPS) is 10.8. The number of hydrogen-bond donors (Lipinski definition) is 2. The molecule has 0 saturated heterocycles. The zero-order chi connectivity index (χ0) is 20.4. The minimum absolute atomic E-state index is 0.175. The van der Waals surface area contributed by atoms with E-state index in [0.717, 1.165) is 12.0 Å². The van der Waals surface area contributed by atoms with E-state index >= 15 is 0 Å². The van der Waals surface area contributed by atoms with Gasteiger partial charge in [-0.1, -0.05) is 55.5 Å². The molecule has 3 N–H and O–H groups in total. The van der Waals surface area contributed by atoms with E-state index in [2.05, 4.69) is 12.2 Å². The highest BCUT2D eigenvalue weighted by atomic mass is 16.2. The van der Waals surface area contributed by atoms with Gasteiger partial charge < -0.3 is 15.5 Å². The van der Waals surface area contributed by atoms with Crippen LogP contribution in [0.2, 0.25) is 0 Å². The van der Waals surface area contributed by atoms with Gasteiger partial charge in [0.2, 0.25) is 5.78 Å². The van der Waals surface area contributed by atoms with Crippen LogP contribution in [0.1, 0.15) is 38.9 Å². The molecule has 2 aromatic heterocycles. The number of nitrogens with one attached hydrogen (secondary N) is 1. The first-order valence-electron chi connectivity index (χ1n) is 9.48. The second-order valence-corrected chi connectivity index (χ2v) is 6.79. The molecule has 2 heterocycles. The molecule has 0 spiro atoms. The third kappa shape index (κ3) is 3.38. The summed E-state index contributed by atoms with van der Waals surface area (Å²) in [7, 11) is 0. The fourth-order valence-electron chi connectivity index (χ4n) is 3.44. The molecule has 2 aromatic carbocycles. The molecule has 29 heavy (non-hydrogen) atoms. The summed E-state index contributed by atoms with van der Waals surface area (Å²) in [5.41, 5.74) is 10.1. The van der Waals surface area contributed by atoms with Crippen LogP contribution in [0.15, 0.2) is 79.0 Å². The number of pyridine rings is 1. The van der Waals surface area contributed by atoms with E-state index in [9.17, 15) is 9.59 Å². The van der Waals surface area contributed by atoms with Crippen LogP contribution in [0.3, 0.4) is 0 Å². The Morgan fingerprint density at radius 1 is 0.931 bits per heavy atom. The molecule has 0 aliphatic rings. The van der Waals surface area contributed by atoms with Gasteiger partial charge in [-0.05, 0) is 36.2 Å². The summed E-state index contributed by atoms with van der Waals surface area (Å²) in [6, 6.07) is 22.0. The number of hydrogen-bond acceptors (Lipinski definition) is 3. The van der Waals surface area contributed by atoms with Crippen LogP contribution in [0, 0.1) is 0 Å². The maximum Gasteiger partial charge on any atom is 0.259 e. The lowest BCUT2D eigenvalue weighted by Gasteiger charge is -2.05. The quantitative estimate of drug-likeness (QED) is 0.496. The Hall–Kier alpha value is -3.86. The number of anilines is 2. The van der Waals surface area contributed by atoms with Crippen LogP contribution in [0.5, 0.6) is 0 Å². The maximum absolute atomic E-state index is 13.2. The summed E-state index contributed by atoms with van der Waals surface area (Å²) < 4.78 is 1.69. The van der Waals surface area contributed by atoms with Gasteiger partial charge in [0.05, 0.1) is 16.8 Å². The van der Waals surface area contributed by atoms with Crippen molar-refractivity contribution in [1.82, 2.24) is 4.40 Å². The molecule has 1 amide bonds. The van der Waals surface area contributed by atoms with Gasteiger partial charge in [-0.3, -0.25) is 9.59 Å². The topological polar surface area (TPSA) is 76.6 Å². The molecule has 0 unspecified atom stereocenters. The Kier molecular flexibility index (Phi) is 4.87. The number of rotatable bonds is 5. The van der Waals surface area contributed by atoms with Gasteiger partial charge in [-0.25, -0.2) is 0 Å². The lowest BCUT2D eigenvalue weighted by molar-refractivity contribution is 0.102. The summed E-state index contributed by atoms with van der Waals surface area (Å²) in [6.45, 7) is 2.06. The molecular weight excluding hydrogens is 362 g/mol. The van der Waals surface area contributed by atoms with Crippen molar-refractivity contribution in [1.29, 1.82) is 0 Å². The third-order valence-electron chi connectivity index (χ3n) is 4.98. The van der Waals surface area contributed by atoms with Crippen molar-refractivity contribution < 1.29 is 9.59 Å². The molecule has 5 heteroatoms. The van der Waals surface area contributed by atoms with Crippen molar-refractivity contribution in [3.05, 3.63) is 101 Å². The fraction of sp³-hybridized carbons (Fsp3) is 0.0833. The Morgan fingerprint density at radius 3 is 2.31 bits per heavy atom. The number of aromatic nitrogens is 1. The number of para-hydroxylation sites is 1. The molecule has 5 nitrogen and oxygen atoms in total. The second kappa shape index (κ2) is 7.64. The van der Waals surface area contributed by atoms with Crippen LogP contribution in [-0.4, -0.2) is 16.1 Å². The number of nitrogen functional groups attached to an aromatic ring is 1. The number of aryl methyl sites for hydroxylation is 1. The predicted molar refractivity (Wildman–Crippen MR) is 115 cm³/mol. The largest absolute Gasteiger partial charge is 0.396 e. The first kappa shape index (κ1) is 18.5. The minimum atomic E-state index is -0.349. The number of carbonyl (C=O) groups excluding carboxylic acids is 2. The van der Waals surface area contributed by atoms with Gasteiger partial charge in [0.25, 0.3) is 5.91 Å². The van der Waals surface area contributed by atoms with Crippen molar-refractivity contribution in [2.24, 2.45) is 0 Å². The number of nitrogens with zero attached hydrogens (tertiary/aromatic N) is 1.